The van der Waals surface area contributed by atoms with Gasteiger partial charge in [-0.2, -0.15) is 0 Å². The Morgan fingerprint density at radius 1 is 1.29 bits per heavy atom. The zero-order valence-electron chi connectivity index (χ0n) is 15.2. The highest BCUT2D eigenvalue weighted by molar-refractivity contribution is 6.01. The largest absolute Gasteiger partial charge is 0.468 e. The molecule has 0 bridgehead atoms. The van der Waals surface area contributed by atoms with Crippen molar-refractivity contribution in [2.45, 2.75) is 63.8 Å². The van der Waals surface area contributed by atoms with Crippen molar-refractivity contribution in [2.24, 2.45) is 11.3 Å². The van der Waals surface area contributed by atoms with E-state index in [0.717, 1.165) is 12.0 Å². The first-order valence-corrected chi connectivity index (χ1v) is 8.25. The molecule has 1 aliphatic carbocycles. The van der Waals surface area contributed by atoms with Crippen LogP contribution in [0.2, 0.25) is 0 Å². The molecule has 24 heavy (non-hydrogen) atoms. The molecule has 3 atom stereocenters. The van der Waals surface area contributed by atoms with Gasteiger partial charge in [-0.05, 0) is 46.5 Å². The number of carbonyl (C=O) groups is 2. The highest BCUT2D eigenvalue weighted by atomic mass is 16.5. The van der Waals surface area contributed by atoms with Gasteiger partial charge < -0.3 is 19.3 Å². The van der Waals surface area contributed by atoms with Gasteiger partial charge in [-0.25, -0.2) is 0 Å². The van der Waals surface area contributed by atoms with E-state index in [-0.39, 0.29) is 24.9 Å². The van der Waals surface area contributed by atoms with Crippen LogP contribution in [0.3, 0.4) is 0 Å². The molecular formula is C18H28O6. The van der Waals surface area contributed by atoms with E-state index in [1.165, 1.54) is 14.2 Å². The molecule has 0 aromatic rings. The van der Waals surface area contributed by atoms with Crippen LogP contribution in [0, 0.1) is 11.3 Å². The number of methoxy groups -OCH3 is 2. The standard InChI is InChI=1S/C18H28O6/c1-11-9-18(14(19)22-5,15(20)23-6)10-12(11)17(4)8-7-13(24-17)16(2,3)21/h12-13,21H,1,7-10H2,2-6H3/t12-,13?,17-/m0/s1. The first-order chi connectivity index (χ1) is 11.0. The summed E-state index contributed by atoms with van der Waals surface area (Å²) in [6.07, 6.45) is 1.60. The number of hydrogen-bond acceptors (Lipinski definition) is 6. The van der Waals surface area contributed by atoms with E-state index in [1.807, 2.05) is 6.92 Å². The molecule has 1 N–H and O–H groups in total. The Labute approximate surface area is 143 Å². The van der Waals surface area contributed by atoms with Gasteiger partial charge in [0.2, 0.25) is 0 Å². The van der Waals surface area contributed by atoms with Crippen LogP contribution in [0.15, 0.2) is 12.2 Å². The normalized spacial score (nSPS) is 32.7. The van der Waals surface area contributed by atoms with E-state index < -0.39 is 28.6 Å². The van der Waals surface area contributed by atoms with Crippen molar-refractivity contribution in [3.05, 3.63) is 12.2 Å². The van der Waals surface area contributed by atoms with Crippen LogP contribution in [0.4, 0.5) is 0 Å². The molecule has 0 spiro atoms. The molecule has 0 aromatic carbocycles. The summed E-state index contributed by atoms with van der Waals surface area (Å²) in [5, 5.41) is 10.2. The fourth-order valence-electron chi connectivity index (χ4n) is 4.12. The van der Waals surface area contributed by atoms with Crippen LogP contribution in [0.25, 0.3) is 0 Å². The second-order valence-corrected chi connectivity index (χ2v) is 7.77. The summed E-state index contributed by atoms with van der Waals surface area (Å²) in [5.74, 6) is -1.37. The van der Waals surface area contributed by atoms with Gasteiger partial charge in [-0.15, -0.1) is 0 Å². The molecule has 6 heteroatoms. The van der Waals surface area contributed by atoms with E-state index in [9.17, 15) is 14.7 Å². The molecule has 0 radical (unpaired) electrons. The van der Waals surface area contributed by atoms with Crippen LogP contribution < -0.4 is 0 Å². The molecule has 2 rings (SSSR count). The Bertz CT molecular complexity index is 530. The maximum Gasteiger partial charge on any atom is 0.323 e. The van der Waals surface area contributed by atoms with Gasteiger partial charge in [0.25, 0.3) is 0 Å². The minimum absolute atomic E-state index is 0.178. The second-order valence-electron chi connectivity index (χ2n) is 7.77. The Hall–Kier alpha value is -1.40. The lowest BCUT2D eigenvalue weighted by Crippen LogP contribution is -2.43. The second kappa shape index (κ2) is 6.15. The average Bonchev–Trinajstić information content (AvgIpc) is 3.08. The van der Waals surface area contributed by atoms with Gasteiger partial charge in [-0.1, -0.05) is 12.2 Å². The van der Waals surface area contributed by atoms with E-state index in [0.29, 0.717) is 6.42 Å². The van der Waals surface area contributed by atoms with E-state index in [4.69, 9.17) is 14.2 Å². The summed E-state index contributed by atoms with van der Waals surface area (Å²) >= 11 is 0. The van der Waals surface area contributed by atoms with Crippen LogP contribution in [-0.2, 0) is 23.8 Å². The van der Waals surface area contributed by atoms with E-state index >= 15 is 0 Å². The molecule has 136 valence electrons. The molecule has 1 heterocycles. The maximum atomic E-state index is 12.3. The number of esters is 2. The number of ether oxygens (including phenoxy) is 3. The third-order valence-electron chi connectivity index (χ3n) is 5.57. The highest BCUT2D eigenvalue weighted by Crippen LogP contribution is 2.54. The predicted octanol–water partition coefficient (Wildman–Crippen LogP) is 1.99. The average molecular weight is 340 g/mol. The quantitative estimate of drug-likeness (QED) is 0.479. The molecule has 2 aliphatic rings. The van der Waals surface area contributed by atoms with Gasteiger partial charge >= 0.3 is 11.9 Å². The molecule has 0 aromatic heterocycles. The highest BCUT2D eigenvalue weighted by Gasteiger charge is 2.60. The predicted molar refractivity (Wildman–Crippen MR) is 87.1 cm³/mol. The first kappa shape index (κ1) is 18.9. The molecule has 6 nitrogen and oxygen atoms in total. The maximum absolute atomic E-state index is 12.3. The van der Waals surface area contributed by atoms with Crippen molar-refractivity contribution < 1.29 is 28.9 Å². The van der Waals surface area contributed by atoms with Gasteiger partial charge in [-0.3, -0.25) is 9.59 Å². The monoisotopic (exact) mass is 340 g/mol. The minimum atomic E-state index is -1.36. The van der Waals surface area contributed by atoms with E-state index in [1.54, 1.807) is 13.8 Å². The molecule has 2 fully saturated rings. The zero-order chi connectivity index (χ0) is 18.3. The summed E-state index contributed by atoms with van der Waals surface area (Å²) in [5.41, 5.74) is -2.10. The summed E-state index contributed by atoms with van der Waals surface area (Å²) < 4.78 is 15.9. The van der Waals surface area contributed by atoms with Crippen molar-refractivity contribution in [2.75, 3.05) is 14.2 Å². The lowest BCUT2D eigenvalue weighted by Gasteiger charge is -2.35. The van der Waals surface area contributed by atoms with Crippen LogP contribution in [0.5, 0.6) is 0 Å². The molecule has 0 amide bonds. The van der Waals surface area contributed by atoms with Crippen LogP contribution >= 0.6 is 0 Å². The third kappa shape index (κ3) is 2.97. The summed E-state index contributed by atoms with van der Waals surface area (Å²) in [4.78, 5) is 24.7. The Morgan fingerprint density at radius 2 is 1.83 bits per heavy atom. The molecule has 1 saturated heterocycles. The molecule has 1 aliphatic heterocycles. The number of aliphatic hydroxyl groups is 1. The van der Waals surface area contributed by atoms with Crippen molar-refractivity contribution in [1.82, 2.24) is 0 Å². The Balaban J connectivity index is 2.29. The fourth-order valence-corrected chi connectivity index (χ4v) is 4.12. The number of carbonyl (C=O) groups excluding carboxylic acids is 2. The lowest BCUT2D eigenvalue weighted by molar-refractivity contribution is -0.170. The summed E-state index contributed by atoms with van der Waals surface area (Å²) in [7, 11) is 2.53. The van der Waals surface area contributed by atoms with Crippen LogP contribution in [-0.4, -0.2) is 48.6 Å². The van der Waals surface area contributed by atoms with Gasteiger partial charge in [0.05, 0.1) is 31.5 Å². The van der Waals surface area contributed by atoms with Crippen molar-refractivity contribution in [1.29, 1.82) is 0 Å². The SMILES string of the molecule is C=C1CC(C(=O)OC)(C(=O)OC)C[C@@H]1[C@]1(C)CCC(C(C)(C)O)O1. The van der Waals surface area contributed by atoms with Crippen molar-refractivity contribution in [3.63, 3.8) is 0 Å². The van der Waals surface area contributed by atoms with E-state index in [2.05, 4.69) is 6.58 Å². The fraction of sp³-hybridized carbons (Fsp3) is 0.778. The molecule has 1 saturated carbocycles. The Morgan fingerprint density at radius 3 is 2.25 bits per heavy atom. The molecular weight excluding hydrogens is 312 g/mol. The van der Waals surface area contributed by atoms with Gasteiger partial charge in [0, 0.05) is 5.92 Å². The van der Waals surface area contributed by atoms with Crippen molar-refractivity contribution >= 4 is 11.9 Å². The van der Waals surface area contributed by atoms with Crippen molar-refractivity contribution in [3.8, 4) is 0 Å². The van der Waals surface area contributed by atoms with Gasteiger partial charge in [0.1, 0.15) is 0 Å². The third-order valence-corrected chi connectivity index (χ3v) is 5.57. The smallest absolute Gasteiger partial charge is 0.323 e. The lowest BCUT2D eigenvalue weighted by atomic mass is 9.79. The van der Waals surface area contributed by atoms with Crippen LogP contribution in [0.1, 0.15) is 46.5 Å². The zero-order valence-corrected chi connectivity index (χ0v) is 15.2. The number of rotatable bonds is 4. The minimum Gasteiger partial charge on any atom is -0.468 e. The summed E-state index contributed by atoms with van der Waals surface area (Å²) in [6, 6.07) is 0. The molecule has 1 unspecified atom stereocenters. The first-order valence-electron chi connectivity index (χ1n) is 8.25. The topological polar surface area (TPSA) is 82.1 Å². The van der Waals surface area contributed by atoms with Gasteiger partial charge in [0.15, 0.2) is 5.41 Å². The Kier molecular flexibility index (Phi) is 4.85. The number of hydrogen-bond donors (Lipinski definition) is 1. The summed E-state index contributed by atoms with van der Waals surface area (Å²) in [6.45, 7) is 9.49.